The summed E-state index contributed by atoms with van der Waals surface area (Å²) in [4.78, 5) is 16.3. The molecule has 0 atom stereocenters. The number of ether oxygens (including phenoxy) is 1. The van der Waals surface area contributed by atoms with E-state index in [1.165, 1.54) is 0 Å². The summed E-state index contributed by atoms with van der Waals surface area (Å²) in [7, 11) is 1.61. The van der Waals surface area contributed by atoms with Crippen LogP contribution in [-0.2, 0) is 4.79 Å². The lowest BCUT2D eigenvalue weighted by Crippen LogP contribution is -2.14. The molecule has 0 spiro atoms. The highest BCUT2D eigenvalue weighted by Crippen LogP contribution is 2.34. The van der Waals surface area contributed by atoms with Gasteiger partial charge < -0.3 is 15.0 Å². The van der Waals surface area contributed by atoms with Crippen LogP contribution >= 0.6 is 0 Å². The molecule has 4 aromatic rings. The first-order valence-electron chi connectivity index (χ1n) is 9.84. The van der Waals surface area contributed by atoms with E-state index in [1.54, 1.807) is 13.2 Å². The number of carbonyl (C=O) groups excluding carboxylic acids is 1. The molecule has 4 rings (SSSR count). The van der Waals surface area contributed by atoms with E-state index in [-0.39, 0.29) is 5.57 Å². The molecule has 1 aromatic heterocycles. The molecule has 3 aromatic carbocycles. The van der Waals surface area contributed by atoms with Crippen molar-refractivity contribution in [1.29, 1.82) is 5.26 Å². The van der Waals surface area contributed by atoms with Gasteiger partial charge >= 0.3 is 0 Å². The number of nitrogens with zero attached hydrogens (tertiary/aromatic N) is 1. The van der Waals surface area contributed by atoms with E-state index < -0.39 is 5.91 Å². The zero-order valence-corrected chi connectivity index (χ0v) is 17.3. The second-order valence-electron chi connectivity index (χ2n) is 7.13. The molecule has 5 heteroatoms. The van der Waals surface area contributed by atoms with E-state index in [2.05, 4.69) is 16.4 Å². The average Bonchev–Trinajstić information content (AvgIpc) is 3.16. The molecule has 0 aliphatic heterocycles. The highest BCUT2D eigenvalue weighted by Gasteiger charge is 2.17. The second kappa shape index (κ2) is 8.60. The molecular weight excluding hydrogens is 386 g/mol. The molecule has 0 aliphatic carbocycles. The van der Waals surface area contributed by atoms with E-state index in [9.17, 15) is 10.1 Å². The third-order valence-corrected chi connectivity index (χ3v) is 5.16. The predicted molar refractivity (Wildman–Crippen MR) is 124 cm³/mol. The number of H-pyrrole nitrogens is 1. The van der Waals surface area contributed by atoms with Gasteiger partial charge in [-0.1, -0.05) is 48.5 Å². The van der Waals surface area contributed by atoms with Crippen LogP contribution in [0, 0.1) is 18.3 Å². The average molecular weight is 407 g/mol. The highest BCUT2D eigenvalue weighted by atomic mass is 16.5. The van der Waals surface area contributed by atoms with Crippen LogP contribution in [0.5, 0.6) is 5.75 Å². The number of anilines is 1. The Morgan fingerprint density at radius 2 is 1.81 bits per heavy atom. The number of fused-ring (bicyclic) bond motifs is 1. The lowest BCUT2D eigenvalue weighted by Gasteiger charge is -2.08. The quantitative estimate of drug-likeness (QED) is 0.329. The molecule has 0 unspecified atom stereocenters. The van der Waals surface area contributed by atoms with Gasteiger partial charge in [0, 0.05) is 22.2 Å². The Labute approximate surface area is 180 Å². The fourth-order valence-corrected chi connectivity index (χ4v) is 3.50. The molecule has 0 saturated heterocycles. The van der Waals surface area contributed by atoms with Gasteiger partial charge in [0.2, 0.25) is 0 Å². The molecule has 0 bridgehead atoms. The predicted octanol–water partition coefficient (Wildman–Crippen LogP) is 5.70. The minimum atomic E-state index is -0.451. The first-order valence-corrected chi connectivity index (χ1v) is 9.84. The van der Waals surface area contributed by atoms with Crippen molar-refractivity contribution in [3.05, 3.63) is 89.5 Å². The number of aromatic nitrogens is 1. The summed E-state index contributed by atoms with van der Waals surface area (Å²) in [6, 6.07) is 25.0. The maximum absolute atomic E-state index is 12.9. The molecule has 5 nitrogen and oxygen atoms in total. The molecule has 1 heterocycles. The number of aryl methyl sites for hydroxylation is 1. The summed E-state index contributed by atoms with van der Waals surface area (Å²) in [5.74, 6) is 0.247. The second-order valence-corrected chi connectivity index (χ2v) is 7.13. The minimum absolute atomic E-state index is 0.0177. The van der Waals surface area contributed by atoms with Gasteiger partial charge in [-0.3, -0.25) is 4.79 Å². The number of nitriles is 1. The summed E-state index contributed by atoms with van der Waals surface area (Å²) < 4.78 is 5.38. The van der Waals surface area contributed by atoms with Crippen LogP contribution in [0.25, 0.3) is 28.2 Å². The summed E-state index contributed by atoms with van der Waals surface area (Å²) in [6.45, 7) is 1.91. The molecule has 1 amide bonds. The van der Waals surface area contributed by atoms with Gasteiger partial charge in [0.1, 0.15) is 17.4 Å². The summed E-state index contributed by atoms with van der Waals surface area (Å²) in [5, 5.41) is 13.5. The molecule has 0 aliphatic rings. The van der Waals surface area contributed by atoms with Crippen LogP contribution in [-0.4, -0.2) is 18.0 Å². The normalized spacial score (nSPS) is 11.2. The Bertz CT molecular complexity index is 1330. The van der Waals surface area contributed by atoms with E-state index in [0.29, 0.717) is 11.4 Å². The Morgan fingerprint density at radius 1 is 1.06 bits per heavy atom. The van der Waals surface area contributed by atoms with Gasteiger partial charge in [0.25, 0.3) is 5.91 Å². The molecule has 152 valence electrons. The van der Waals surface area contributed by atoms with Crippen molar-refractivity contribution < 1.29 is 9.53 Å². The van der Waals surface area contributed by atoms with Crippen LogP contribution in [0.3, 0.4) is 0 Å². The Morgan fingerprint density at radius 3 is 2.52 bits per heavy atom. The number of hydrogen-bond donors (Lipinski definition) is 2. The molecule has 0 saturated carbocycles. The van der Waals surface area contributed by atoms with Crippen molar-refractivity contribution in [2.45, 2.75) is 6.92 Å². The summed E-state index contributed by atoms with van der Waals surface area (Å²) in [6.07, 6.45) is 1.63. The van der Waals surface area contributed by atoms with Gasteiger partial charge in [0.05, 0.1) is 12.8 Å². The highest BCUT2D eigenvalue weighted by molar-refractivity contribution is 6.12. The van der Waals surface area contributed by atoms with Crippen molar-refractivity contribution in [3.63, 3.8) is 0 Å². The van der Waals surface area contributed by atoms with E-state index >= 15 is 0 Å². The number of benzene rings is 3. The number of nitrogens with one attached hydrogen (secondary N) is 2. The smallest absolute Gasteiger partial charge is 0.266 e. The van der Waals surface area contributed by atoms with Gasteiger partial charge in [-0.25, -0.2) is 0 Å². The number of hydrogen-bond acceptors (Lipinski definition) is 3. The van der Waals surface area contributed by atoms with Gasteiger partial charge in [-0.05, 0) is 48.4 Å². The fourth-order valence-electron chi connectivity index (χ4n) is 3.50. The van der Waals surface area contributed by atoms with Gasteiger partial charge in [-0.2, -0.15) is 5.26 Å². The number of carbonyl (C=O) groups is 1. The Hall–Kier alpha value is -4.30. The first kappa shape index (κ1) is 20.0. The standard InChI is InChI=1S/C26H21N3O2/c1-17-8-6-7-11-23(17)29-26(30)19(16-27)14-22-21-15-20(31-2)12-13-24(21)28-25(22)18-9-4-3-5-10-18/h3-15,28H,1-2H3,(H,29,30)/b19-14+. The lowest BCUT2D eigenvalue weighted by atomic mass is 10.0. The van der Waals surface area contributed by atoms with Crippen molar-refractivity contribution in [3.8, 4) is 23.1 Å². The van der Waals surface area contributed by atoms with Crippen molar-refractivity contribution in [2.75, 3.05) is 12.4 Å². The third kappa shape index (κ3) is 4.05. The number of rotatable bonds is 5. The van der Waals surface area contributed by atoms with E-state index in [4.69, 9.17) is 4.74 Å². The Balaban J connectivity index is 1.84. The van der Waals surface area contributed by atoms with Crippen molar-refractivity contribution in [1.82, 2.24) is 4.98 Å². The van der Waals surface area contributed by atoms with E-state index in [0.717, 1.165) is 33.3 Å². The molecule has 31 heavy (non-hydrogen) atoms. The number of para-hydroxylation sites is 1. The maximum atomic E-state index is 12.9. The van der Waals surface area contributed by atoms with Crippen LogP contribution in [0.1, 0.15) is 11.1 Å². The minimum Gasteiger partial charge on any atom is -0.497 e. The summed E-state index contributed by atoms with van der Waals surface area (Å²) >= 11 is 0. The maximum Gasteiger partial charge on any atom is 0.266 e. The lowest BCUT2D eigenvalue weighted by molar-refractivity contribution is -0.112. The summed E-state index contributed by atoms with van der Waals surface area (Å²) in [5.41, 5.74) is 5.07. The van der Waals surface area contributed by atoms with Crippen LogP contribution < -0.4 is 10.1 Å². The van der Waals surface area contributed by atoms with E-state index in [1.807, 2.05) is 79.7 Å². The largest absolute Gasteiger partial charge is 0.497 e. The number of methoxy groups -OCH3 is 1. The van der Waals surface area contributed by atoms with Crippen LogP contribution in [0.4, 0.5) is 5.69 Å². The Kier molecular flexibility index (Phi) is 5.55. The third-order valence-electron chi connectivity index (χ3n) is 5.16. The van der Waals surface area contributed by atoms with Crippen molar-refractivity contribution >= 4 is 28.6 Å². The number of amides is 1. The monoisotopic (exact) mass is 407 g/mol. The van der Waals surface area contributed by atoms with Gasteiger partial charge in [0.15, 0.2) is 0 Å². The fraction of sp³-hybridized carbons (Fsp3) is 0.0769. The SMILES string of the molecule is COc1ccc2[nH]c(-c3ccccc3)c(/C=C(\C#N)C(=O)Nc3ccccc3C)c2c1. The topological polar surface area (TPSA) is 77.9 Å². The van der Waals surface area contributed by atoms with Gasteiger partial charge in [-0.15, -0.1) is 0 Å². The molecule has 2 N–H and O–H groups in total. The first-order chi connectivity index (χ1) is 15.1. The molecule has 0 fully saturated rings. The van der Waals surface area contributed by atoms with Crippen LogP contribution in [0.2, 0.25) is 0 Å². The zero-order valence-electron chi connectivity index (χ0n) is 17.3. The van der Waals surface area contributed by atoms with Crippen molar-refractivity contribution in [2.24, 2.45) is 0 Å². The molecular formula is C26H21N3O2. The van der Waals surface area contributed by atoms with Crippen LogP contribution in [0.15, 0.2) is 78.4 Å². The number of aromatic amines is 1. The molecule has 0 radical (unpaired) electrons. The zero-order chi connectivity index (χ0) is 21.8.